The molecule has 0 bridgehead atoms. The normalized spacial score (nSPS) is 11.6. The number of halogens is 4. The summed E-state index contributed by atoms with van der Waals surface area (Å²) in [7, 11) is 0. The standard InChI is InChI=1S/C9H10BF4O2/c1-2-15-6-16-9-5-7(11)3-4-8(9)10(12,13)14/h3-5H,2,6H2,1H3/q-1. The van der Waals surface area contributed by atoms with Gasteiger partial charge in [0.2, 0.25) is 0 Å². The van der Waals surface area contributed by atoms with E-state index in [0.717, 1.165) is 6.07 Å². The Morgan fingerprint density at radius 1 is 1.25 bits per heavy atom. The molecule has 1 rings (SSSR count). The van der Waals surface area contributed by atoms with Crippen LogP contribution in [0.1, 0.15) is 6.92 Å². The predicted octanol–water partition coefficient (Wildman–Crippen LogP) is 2.25. The molecule has 0 aliphatic rings. The van der Waals surface area contributed by atoms with Gasteiger partial charge in [-0.05, 0) is 13.0 Å². The maximum atomic E-state index is 12.8. The molecule has 0 amide bonds. The fourth-order valence-corrected chi connectivity index (χ4v) is 1.09. The Morgan fingerprint density at radius 3 is 2.50 bits per heavy atom. The number of hydrogen-bond donors (Lipinski definition) is 0. The first kappa shape index (κ1) is 12.8. The van der Waals surface area contributed by atoms with Crippen LogP contribution in [0.25, 0.3) is 0 Å². The number of benzene rings is 1. The van der Waals surface area contributed by atoms with Crippen molar-refractivity contribution in [3.63, 3.8) is 0 Å². The summed E-state index contributed by atoms with van der Waals surface area (Å²) < 4.78 is 59.7. The van der Waals surface area contributed by atoms with Crippen LogP contribution in [0.4, 0.5) is 17.3 Å². The monoisotopic (exact) mass is 237 g/mol. The van der Waals surface area contributed by atoms with Gasteiger partial charge in [-0.25, -0.2) is 4.39 Å². The molecule has 0 aromatic heterocycles. The van der Waals surface area contributed by atoms with Crippen LogP contribution in [0.15, 0.2) is 18.2 Å². The average Bonchev–Trinajstić information content (AvgIpc) is 2.16. The van der Waals surface area contributed by atoms with Crippen molar-refractivity contribution in [3.8, 4) is 5.75 Å². The van der Waals surface area contributed by atoms with E-state index in [1.165, 1.54) is 0 Å². The molecular formula is C9H10BF4O2-. The SMILES string of the molecule is CCOCOc1cc(F)ccc1[B-](F)(F)F. The van der Waals surface area contributed by atoms with E-state index in [1.807, 2.05) is 0 Å². The van der Waals surface area contributed by atoms with Crippen LogP contribution in [0.2, 0.25) is 0 Å². The molecule has 90 valence electrons. The number of ether oxygens (including phenoxy) is 2. The van der Waals surface area contributed by atoms with Gasteiger partial charge in [0, 0.05) is 12.7 Å². The molecule has 0 aliphatic heterocycles. The third-order valence-corrected chi connectivity index (χ3v) is 1.83. The fraction of sp³-hybridized carbons (Fsp3) is 0.333. The summed E-state index contributed by atoms with van der Waals surface area (Å²) in [5, 5.41) is 0. The zero-order valence-corrected chi connectivity index (χ0v) is 8.55. The van der Waals surface area contributed by atoms with Crippen molar-refractivity contribution >= 4 is 12.4 Å². The van der Waals surface area contributed by atoms with E-state index in [2.05, 4.69) is 0 Å². The second-order valence-electron chi connectivity index (χ2n) is 3.01. The van der Waals surface area contributed by atoms with Crippen molar-refractivity contribution in [1.82, 2.24) is 0 Å². The average molecular weight is 237 g/mol. The molecule has 0 heterocycles. The summed E-state index contributed by atoms with van der Waals surface area (Å²) in [6, 6.07) is 2.11. The molecule has 0 unspecified atom stereocenters. The highest BCUT2D eigenvalue weighted by atomic mass is 19.4. The minimum Gasteiger partial charge on any atom is -0.470 e. The van der Waals surface area contributed by atoms with Gasteiger partial charge in [-0.3, -0.25) is 0 Å². The molecule has 0 aliphatic carbocycles. The van der Waals surface area contributed by atoms with Crippen molar-refractivity contribution in [1.29, 1.82) is 0 Å². The Bertz CT molecular complexity index is 354. The zero-order valence-electron chi connectivity index (χ0n) is 8.55. The predicted molar refractivity (Wildman–Crippen MR) is 52.2 cm³/mol. The van der Waals surface area contributed by atoms with Crippen LogP contribution in [0.3, 0.4) is 0 Å². The maximum absolute atomic E-state index is 12.8. The van der Waals surface area contributed by atoms with Gasteiger partial charge in [-0.15, -0.1) is 0 Å². The van der Waals surface area contributed by atoms with Crippen molar-refractivity contribution < 1.29 is 26.8 Å². The van der Waals surface area contributed by atoms with Crippen LogP contribution in [-0.4, -0.2) is 20.4 Å². The fourth-order valence-electron chi connectivity index (χ4n) is 1.09. The number of rotatable bonds is 5. The van der Waals surface area contributed by atoms with E-state index in [-0.39, 0.29) is 6.79 Å². The Kier molecular flexibility index (Phi) is 4.17. The second-order valence-corrected chi connectivity index (χ2v) is 3.01. The topological polar surface area (TPSA) is 18.5 Å². The quantitative estimate of drug-likeness (QED) is 0.338. The molecule has 0 N–H and O–H groups in total. The summed E-state index contributed by atoms with van der Waals surface area (Å²) in [6.07, 6.45) is 0. The van der Waals surface area contributed by atoms with Crippen molar-refractivity contribution in [2.24, 2.45) is 0 Å². The van der Waals surface area contributed by atoms with Gasteiger partial charge in [0.15, 0.2) is 6.79 Å². The lowest BCUT2D eigenvalue weighted by Crippen LogP contribution is -2.35. The van der Waals surface area contributed by atoms with E-state index in [9.17, 15) is 17.3 Å². The molecule has 0 saturated heterocycles. The summed E-state index contributed by atoms with van der Waals surface area (Å²) in [4.78, 5) is 0. The Morgan fingerprint density at radius 2 is 1.94 bits per heavy atom. The first-order chi connectivity index (χ1) is 7.45. The molecule has 0 fully saturated rings. The Labute approximate surface area is 90.2 Å². The lowest BCUT2D eigenvalue weighted by atomic mass is 9.79. The van der Waals surface area contributed by atoms with Crippen molar-refractivity contribution in [3.05, 3.63) is 24.0 Å². The van der Waals surface area contributed by atoms with Gasteiger partial charge >= 0.3 is 6.98 Å². The van der Waals surface area contributed by atoms with Crippen LogP contribution in [0, 0.1) is 5.82 Å². The third kappa shape index (κ3) is 3.41. The van der Waals surface area contributed by atoms with Gasteiger partial charge in [0.1, 0.15) is 5.82 Å². The highest BCUT2D eigenvalue weighted by molar-refractivity contribution is 6.74. The maximum Gasteiger partial charge on any atom is 0.513 e. The minimum atomic E-state index is -5.22. The van der Waals surface area contributed by atoms with Crippen LogP contribution in [-0.2, 0) is 4.74 Å². The molecule has 0 saturated carbocycles. The highest BCUT2D eigenvalue weighted by Gasteiger charge is 2.29. The second kappa shape index (κ2) is 5.20. The first-order valence-corrected chi connectivity index (χ1v) is 4.65. The Hall–Kier alpha value is -1.24. The minimum absolute atomic E-state index is 0.307. The van der Waals surface area contributed by atoms with E-state index in [4.69, 9.17) is 9.47 Å². The van der Waals surface area contributed by atoms with Gasteiger partial charge in [-0.2, -0.15) is 0 Å². The van der Waals surface area contributed by atoms with Crippen LogP contribution in [0.5, 0.6) is 5.75 Å². The first-order valence-electron chi connectivity index (χ1n) is 4.65. The summed E-state index contributed by atoms with van der Waals surface area (Å²) in [5.41, 5.74) is -0.957. The molecule has 1 aromatic carbocycles. The van der Waals surface area contributed by atoms with Gasteiger partial charge < -0.3 is 22.4 Å². The van der Waals surface area contributed by atoms with E-state index >= 15 is 0 Å². The molecule has 0 atom stereocenters. The van der Waals surface area contributed by atoms with E-state index < -0.39 is 24.0 Å². The van der Waals surface area contributed by atoms with E-state index in [0.29, 0.717) is 18.7 Å². The molecule has 16 heavy (non-hydrogen) atoms. The lowest BCUT2D eigenvalue weighted by molar-refractivity contribution is 0.0227. The third-order valence-electron chi connectivity index (χ3n) is 1.83. The Balaban J connectivity index is 2.90. The molecule has 0 radical (unpaired) electrons. The molecule has 7 heteroatoms. The zero-order chi connectivity index (χ0) is 12.2. The van der Waals surface area contributed by atoms with Crippen LogP contribution < -0.4 is 10.2 Å². The molecule has 0 spiro atoms. The number of hydrogen-bond acceptors (Lipinski definition) is 2. The van der Waals surface area contributed by atoms with Gasteiger partial charge in [0.25, 0.3) is 0 Å². The molecule has 1 aromatic rings. The van der Waals surface area contributed by atoms with E-state index in [1.54, 1.807) is 6.92 Å². The van der Waals surface area contributed by atoms with Crippen molar-refractivity contribution in [2.45, 2.75) is 6.92 Å². The summed E-state index contributed by atoms with van der Waals surface area (Å²) >= 11 is 0. The van der Waals surface area contributed by atoms with Crippen LogP contribution >= 0.6 is 0 Å². The lowest BCUT2D eigenvalue weighted by Gasteiger charge is -2.19. The van der Waals surface area contributed by atoms with Gasteiger partial charge in [-0.1, -0.05) is 11.5 Å². The summed E-state index contributed by atoms with van der Waals surface area (Å²) in [6.45, 7) is -3.58. The highest BCUT2D eigenvalue weighted by Crippen LogP contribution is 2.18. The molecule has 2 nitrogen and oxygen atoms in total. The largest absolute Gasteiger partial charge is 0.513 e. The summed E-state index contributed by atoms with van der Waals surface area (Å²) in [5.74, 6) is -1.32. The molecular weight excluding hydrogens is 227 g/mol. The van der Waals surface area contributed by atoms with Crippen molar-refractivity contribution in [2.75, 3.05) is 13.4 Å². The van der Waals surface area contributed by atoms with Gasteiger partial charge in [0.05, 0.1) is 5.75 Å². The smallest absolute Gasteiger partial charge is 0.470 e.